The molecule has 1 aliphatic heterocycles. The monoisotopic (exact) mass is 351 g/mol. The third-order valence-corrected chi connectivity index (χ3v) is 5.92. The highest BCUT2D eigenvalue weighted by atomic mass is 16.4. The second kappa shape index (κ2) is 7.06. The number of aliphatic carboxylic acids is 1. The first-order valence-electron chi connectivity index (χ1n) is 9.53. The molecule has 26 heavy (non-hydrogen) atoms. The summed E-state index contributed by atoms with van der Waals surface area (Å²) in [5.74, 6) is 0.293. The Morgan fingerprint density at radius 1 is 1.15 bits per heavy atom. The number of carbonyl (C=O) groups is 1. The molecule has 0 spiro atoms. The minimum atomic E-state index is -0.704. The van der Waals surface area contributed by atoms with Crippen molar-refractivity contribution in [2.24, 2.45) is 5.41 Å². The van der Waals surface area contributed by atoms with Gasteiger partial charge in [-0.1, -0.05) is 30.3 Å². The van der Waals surface area contributed by atoms with Crippen LogP contribution in [0.5, 0.6) is 0 Å². The van der Waals surface area contributed by atoms with Gasteiger partial charge in [-0.2, -0.15) is 0 Å². The highest BCUT2D eigenvalue weighted by molar-refractivity contribution is 5.76. The van der Waals surface area contributed by atoms with E-state index in [-0.39, 0.29) is 0 Å². The van der Waals surface area contributed by atoms with Gasteiger partial charge in [0.1, 0.15) is 12.1 Å². The summed E-state index contributed by atoms with van der Waals surface area (Å²) in [6, 6.07) is 10.2. The number of aryl methyl sites for hydroxylation is 2. The normalized spacial score (nSPS) is 22.2. The molecule has 136 valence electrons. The Morgan fingerprint density at radius 3 is 2.81 bits per heavy atom. The van der Waals surface area contributed by atoms with Crippen molar-refractivity contribution >= 4 is 11.8 Å². The summed E-state index contributed by atoms with van der Waals surface area (Å²) in [6.45, 7) is 1.42. The first kappa shape index (κ1) is 17.0. The van der Waals surface area contributed by atoms with Gasteiger partial charge in [-0.15, -0.1) is 0 Å². The van der Waals surface area contributed by atoms with Crippen molar-refractivity contribution < 1.29 is 9.90 Å². The molecule has 4 rings (SSSR count). The zero-order valence-electron chi connectivity index (χ0n) is 15.0. The van der Waals surface area contributed by atoms with E-state index in [4.69, 9.17) is 0 Å². The van der Waals surface area contributed by atoms with Gasteiger partial charge >= 0.3 is 5.97 Å². The largest absolute Gasteiger partial charge is 0.481 e. The predicted octanol–water partition coefficient (Wildman–Crippen LogP) is 3.27. The summed E-state index contributed by atoms with van der Waals surface area (Å²) in [5, 5.41) is 10.1. The SMILES string of the molecule is O=C(O)C1(CCc2ccccc2)CCCN(c2ncnc3c2CCC3)C1. The van der Waals surface area contributed by atoms with Crippen LogP contribution in [-0.4, -0.2) is 34.1 Å². The van der Waals surface area contributed by atoms with Crippen molar-refractivity contribution in [3.05, 3.63) is 53.5 Å². The van der Waals surface area contributed by atoms with E-state index in [0.29, 0.717) is 13.0 Å². The first-order valence-corrected chi connectivity index (χ1v) is 9.53. The number of carboxylic acid groups (broad SMARTS) is 1. The fourth-order valence-corrected chi connectivity index (χ4v) is 4.44. The molecule has 5 nitrogen and oxygen atoms in total. The maximum Gasteiger partial charge on any atom is 0.311 e. The van der Waals surface area contributed by atoms with Crippen molar-refractivity contribution in [3.63, 3.8) is 0 Å². The number of benzene rings is 1. The van der Waals surface area contributed by atoms with Crippen LogP contribution in [0.25, 0.3) is 0 Å². The average Bonchev–Trinajstić information content (AvgIpc) is 3.16. The molecule has 2 aromatic rings. The van der Waals surface area contributed by atoms with Crippen LogP contribution in [0.15, 0.2) is 36.7 Å². The van der Waals surface area contributed by atoms with Gasteiger partial charge in [0.05, 0.1) is 5.41 Å². The van der Waals surface area contributed by atoms with Crippen LogP contribution >= 0.6 is 0 Å². The van der Waals surface area contributed by atoms with Crippen LogP contribution in [0.3, 0.4) is 0 Å². The van der Waals surface area contributed by atoms with E-state index < -0.39 is 11.4 Å². The number of piperidine rings is 1. The van der Waals surface area contributed by atoms with Crippen LogP contribution in [0, 0.1) is 5.41 Å². The minimum Gasteiger partial charge on any atom is -0.481 e. The molecule has 1 aliphatic carbocycles. The third-order valence-electron chi connectivity index (χ3n) is 5.92. The minimum absolute atomic E-state index is 0.540. The lowest BCUT2D eigenvalue weighted by Crippen LogP contribution is -2.48. The lowest BCUT2D eigenvalue weighted by atomic mass is 9.75. The quantitative estimate of drug-likeness (QED) is 0.895. The van der Waals surface area contributed by atoms with E-state index >= 15 is 0 Å². The first-order chi connectivity index (χ1) is 12.7. The zero-order chi connectivity index (χ0) is 18.0. The Hall–Kier alpha value is -2.43. The summed E-state index contributed by atoms with van der Waals surface area (Å²) in [6.07, 6.45) is 7.86. The second-order valence-corrected chi connectivity index (χ2v) is 7.57. The molecule has 0 amide bonds. The Morgan fingerprint density at radius 2 is 2.00 bits per heavy atom. The van der Waals surface area contributed by atoms with Gasteiger partial charge in [-0.05, 0) is 50.5 Å². The molecule has 1 unspecified atom stereocenters. The molecular weight excluding hydrogens is 326 g/mol. The maximum atomic E-state index is 12.2. The lowest BCUT2D eigenvalue weighted by Gasteiger charge is -2.41. The van der Waals surface area contributed by atoms with Crippen LogP contribution in [-0.2, 0) is 24.1 Å². The van der Waals surface area contributed by atoms with Gasteiger partial charge in [-0.3, -0.25) is 4.79 Å². The number of rotatable bonds is 5. The lowest BCUT2D eigenvalue weighted by molar-refractivity contribution is -0.150. The molecule has 1 aromatic heterocycles. The average molecular weight is 351 g/mol. The maximum absolute atomic E-state index is 12.2. The van der Waals surface area contributed by atoms with Gasteiger partial charge < -0.3 is 10.0 Å². The number of fused-ring (bicyclic) bond motifs is 1. The molecule has 5 heteroatoms. The summed E-state index contributed by atoms with van der Waals surface area (Å²) in [4.78, 5) is 23.4. The third kappa shape index (κ3) is 3.18. The fraction of sp³-hybridized carbons (Fsp3) is 0.476. The highest BCUT2D eigenvalue weighted by Gasteiger charge is 2.43. The van der Waals surface area contributed by atoms with Crippen LogP contribution in [0.4, 0.5) is 5.82 Å². The molecular formula is C21H25N3O2. The van der Waals surface area contributed by atoms with Crippen molar-refractivity contribution in [3.8, 4) is 0 Å². The van der Waals surface area contributed by atoms with Crippen LogP contribution in [0.1, 0.15) is 42.5 Å². The van der Waals surface area contributed by atoms with Gasteiger partial charge in [0.2, 0.25) is 0 Å². The van der Waals surface area contributed by atoms with Gasteiger partial charge in [0.25, 0.3) is 0 Å². The predicted molar refractivity (Wildman–Crippen MR) is 100 cm³/mol. The molecule has 2 aliphatic rings. The molecule has 1 N–H and O–H groups in total. The Labute approximate surface area is 154 Å². The van der Waals surface area contributed by atoms with Crippen molar-refractivity contribution in [1.82, 2.24) is 9.97 Å². The number of nitrogens with zero attached hydrogens (tertiary/aromatic N) is 3. The van der Waals surface area contributed by atoms with E-state index in [1.165, 1.54) is 11.1 Å². The van der Waals surface area contributed by atoms with E-state index in [1.807, 2.05) is 18.2 Å². The molecule has 2 heterocycles. The van der Waals surface area contributed by atoms with Crippen LogP contribution in [0.2, 0.25) is 0 Å². The molecule has 0 saturated carbocycles. The van der Waals surface area contributed by atoms with Crippen LogP contribution < -0.4 is 4.90 Å². The van der Waals surface area contributed by atoms with E-state index in [0.717, 1.165) is 56.6 Å². The molecule has 0 radical (unpaired) electrons. The Bertz CT molecular complexity index is 793. The fourth-order valence-electron chi connectivity index (χ4n) is 4.44. The molecule has 0 bridgehead atoms. The van der Waals surface area contributed by atoms with E-state index in [1.54, 1.807) is 6.33 Å². The second-order valence-electron chi connectivity index (χ2n) is 7.57. The highest BCUT2D eigenvalue weighted by Crippen LogP contribution is 2.38. The number of aromatic nitrogens is 2. The van der Waals surface area contributed by atoms with Gasteiger partial charge in [0, 0.05) is 24.3 Å². The molecule has 1 saturated heterocycles. The Kier molecular flexibility index (Phi) is 4.62. The summed E-state index contributed by atoms with van der Waals surface area (Å²) in [7, 11) is 0. The van der Waals surface area contributed by atoms with Crippen molar-refractivity contribution in [2.75, 3.05) is 18.0 Å². The molecule has 1 atom stereocenters. The summed E-state index contributed by atoms with van der Waals surface area (Å²) >= 11 is 0. The topological polar surface area (TPSA) is 66.3 Å². The van der Waals surface area contributed by atoms with E-state index in [9.17, 15) is 9.90 Å². The number of hydrogen-bond acceptors (Lipinski definition) is 4. The van der Waals surface area contributed by atoms with Gasteiger partial charge in [0.15, 0.2) is 0 Å². The van der Waals surface area contributed by atoms with Gasteiger partial charge in [-0.25, -0.2) is 9.97 Å². The molecule has 1 fully saturated rings. The summed E-state index contributed by atoms with van der Waals surface area (Å²) < 4.78 is 0. The zero-order valence-corrected chi connectivity index (χ0v) is 15.0. The van der Waals surface area contributed by atoms with E-state index in [2.05, 4.69) is 27.0 Å². The number of anilines is 1. The standard InChI is InChI=1S/C21H25N3O2/c25-20(26)21(12-10-16-6-2-1-3-7-16)11-5-13-24(14-21)19-17-8-4-9-18(17)22-15-23-19/h1-3,6-7,15H,4-5,8-14H2,(H,25,26). The number of hydrogen-bond donors (Lipinski definition) is 1. The van der Waals surface area contributed by atoms with Crippen molar-refractivity contribution in [1.29, 1.82) is 0 Å². The van der Waals surface area contributed by atoms with Crippen molar-refractivity contribution in [2.45, 2.75) is 44.9 Å². The Balaban J connectivity index is 1.56. The smallest absolute Gasteiger partial charge is 0.311 e. The number of carboxylic acids is 1. The molecule has 1 aromatic carbocycles. The summed E-state index contributed by atoms with van der Waals surface area (Å²) in [5.41, 5.74) is 2.88.